The Morgan fingerprint density at radius 3 is 2.86 bits per heavy atom. The number of likely N-dealkylation sites (tertiary alicyclic amines) is 1. The Balaban J connectivity index is 1.64. The van der Waals surface area contributed by atoms with Crippen LogP contribution >= 0.6 is 12.2 Å². The van der Waals surface area contributed by atoms with Crippen LogP contribution in [0.25, 0.3) is 0 Å². The molecule has 0 bridgehead atoms. The third kappa shape index (κ3) is 8.64. The predicted octanol–water partition coefficient (Wildman–Crippen LogP) is 3.01. The van der Waals surface area contributed by atoms with Crippen molar-refractivity contribution in [2.75, 3.05) is 26.8 Å². The van der Waals surface area contributed by atoms with Crippen molar-refractivity contribution < 1.29 is 19.1 Å². The zero-order chi connectivity index (χ0) is 20.9. The molecule has 0 radical (unpaired) electrons. The van der Waals surface area contributed by atoms with Crippen LogP contribution in [0.3, 0.4) is 0 Å². The van der Waals surface area contributed by atoms with Gasteiger partial charge in [0.15, 0.2) is 0 Å². The summed E-state index contributed by atoms with van der Waals surface area (Å²) >= 11 is 5.25. The molecule has 6 nitrogen and oxygen atoms in total. The first kappa shape index (κ1) is 22.9. The summed E-state index contributed by atoms with van der Waals surface area (Å²) in [6.45, 7) is 1.67. The van der Waals surface area contributed by atoms with Gasteiger partial charge in [0, 0.05) is 25.9 Å². The van der Waals surface area contributed by atoms with Crippen molar-refractivity contribution in [1.29, 1.82) is 0 Å². The number of unbranched alkanes of at least 4 members (excludes halogenated alkanes) is 1. The van der Waals surface area contributed by atoms with Crippen LogP contribution in [-0.2, 0) is 25.5 Å². The van der Waals surface area contributed by atoms with Crippen LogP contribution in [0.1, 0.15) is 37.7 Å². The molecule has 0 aliphatic carbocycles. The zero-order valence-corrected chi connectivity index (χ0v) is 17.8. The maximum Gasteiger partial charge on any atom is 0.305 e. The van der Waals surface area contributed by atoms with Gasteiger partial charge in [0.2, 0.25) is 5.91 Å². The maximum absolute atomic E-state index is 12.1. The number of thiocarbonyl (C=S) groups is 1. The second-order valence-corrected chi connectivity index (χ2v) is 7.31. The summed E-state index contributed by atoms with van der Waals surface area (Å²) < 4.78 is 10.3. The lowest BCUT2D eigenvalue weighted by atomic mass is 10.1. The van der Waals surface area contributed by atoms with Gasteiger partial charge in [-0.25, -0.2) is 0 Å². The fourth-order valence-corrected chi connectivity index (χ4v) is 3.34. The molecule has 158 valence electrons. The van der Waals surface area contributed by atoms with E-state index in [1.54, 1.807) is 0 Å². The smallest absolute Gasteiger partial charge is 0.305 e. The molecule has 1 aliphatic heterocycles. The van der Waals surface area contributed by atoms with Crippen molar-refractivity contribution in [3.63, 3.8) is 0 Å². The lowest BCUT2D eigenvalue weighted by Gasteiger charge is -2.23. The van der Waals surface area contributed by atoms with Crippen LogP contribution in [0.15, 0.2) is 42.5 Å². The minimum absolute atomic E-state index is 0.0380. The second kappa shape index (κ2) is 12.9. The van der Waals surface area contributed by atoms with Crippen LogP contribution in [0.4, 0.5) is 0 Å². The number of hydrogen-bond donors (Lipinski definition) is 1. The molecule has 7 heteroatoms. The van der Waals surface area contributed by atoms with Crippen molar-refractivity contribution in [2.24, 2.45) is 0 Å². The molecule has 2 rings (SSSR count). The average molecular weight is 419 g/mol. The van der Waals surface area contributed by atoms with E-state index >= 15 is 0 Å². The van der Waals surface area contributed by atoms with E-state index in [0.29, 0.717) is 37.7 Å². The number of methoxy groups -OCH3 is 1. The number of nitrogens with zero attached hydrogens (tertiary/aromatic N) is 1. The van der Waals surface area contributed by atoms with E-state index in [2.05, 4.69) is 22.2 Å². The fraction of sp³-hybridized carbons (Fsp3) is 0.500. The van der Waals surface area contributed by atoms with Crippen LogP contribution in [0.2, 0.25) is 0 Å². The number of allylic oxidation sites excluding steroid dienone is 1. The summed E-state index contributed by atoms with van der Waals surface area (Å²) in [6, 6.07) is 10.2. The van der Waals surface area contributed by atoms with Crippen molar-refractivity contribution in [3.05, 3.63) is 48.0 Å². The molecule has 0 spiro atoms. The normalized spacial score (nSPS) is 16.2. The Kier molecular flexibility index (Phi) is 10.2. The van der Waals surface area contributed by atoms with Gasteiger partial charge in [0.1, 0.15) is 6.61 Å². The standard InChI is InChI=1S/C22H30N2O4S/c1-27-21(26)11-7-2-3-8-16-24-19(12-13-20(24)25)17-28-22(29)23-15-14-18-9-5-4-6-10-18/h3-6,8-10,19H,2,7,11-17H2,1H3,(H,23,29)/b8-3-/t19-/m1/s1. The topological polar surface area (TPSA) is 67.9 Å². The summed E-state index contributed by atoms with van der Waals surface area (Å²) in [4.78, 5) is 25.0. The van der Waals surface area contributed by atoms with E-state index in [1.165, 1.54) is 12.7 Å². The Bertz CT molecular complexity index is 693. The molecule has 1 aromatic carbocycles. The summed E-state index contributed by atoms with van der Waals surface area (Å²) in [5, 5.41) is 3.49. The minimum Gasteiger partial charge on any atom is -0.469 e. The SMILES string of the molecule is COC(=O)CCC/C=C\CN1C(=O)CC[C@@H]1COC(=S)NCCc1ccccc1. The number of amides is 1. The van der Waals surface area contributed by atoms with Crippen molar-refractivity contribution in [3.8, 4) is 0 Å². The first-order valence-corrected chi connectivity index (χ1v) is 10.5. The van der Waals surface area contributed by atoms with Crippen molar-refractivity contribution in [1.82, 2.24) is 10.2 Å². The molecule has 1 fully saturated rings. The molecule has 1 atom stereocenters. The molecule has 0 saturated carbocycles. The van der Waals surface area contributed by atoms with Gasteiger partial charge >= 0.3 is 5.97 Å². The van der Waals surface area contributed by atoms with E-state index in [0.717, 1.165) is 25.7 Å². The van der Waals surface area contributed by atoms with E-state index in [-0.39, 0.29) is 17.9 Å². The fourth-order valence-electron chi connectivity index (χ4n) is 3.17. The minimum atomic E-state index is -0.196. The summed E-state index contributed by atoms with van der Waals surface area (Å²) in [5.41, 5.74) is 1.24. The van der Waals surface area contributed by atoms with E-state index in [9.17, 15) is 9.59 Å². The molecule has 0 aromatic heterocycles. The number of ether oxygens (including phenoxy) is 2. The monoisotopic (exact) mass is 418 g/mol. The van der Waals surface area contributed by atoms with Crippen molar-refractivity contribution >= 4 is 29.3 Å². The van der Waals surface area contributed by atoms with E-state index in [1.807, 2.05) is 35.3 Å². The highest BCUT2D eigenvalue weighted by Gasteiger charge is 2.30. The maximum atomic E-state index is 12.1. The zero-order valence-electron chi connectivity index (χ0n) is 17.0. The first-order chi connectivity index (χ1) is 14.1. The lowest BCUT2D eigenvalue weighted by Crippen LogP contribution is -2.38. The molecule has 1 aromatic rings. The number of esters is 1. The van der Waals surface area contributed by atoms with Gasteiger partial charge < -0.3 is 19.7 Å². The third-order valence-corrected chi connectivity index (χ3v) is 5.10. The van der Waals surface area contributed by atoms with Gasteiger partial charge in [-0.05, 0) is 43.5 Å². The van der Waals surface area contributed by atoms with Gasteiger partial charge in [-0.1, -0.05) is 42.5 Å². The predicted molar refractivity (Wildman–Crippen MR) is 116 cm³/mol. The molecule has 1 heterocycles. The highest BCUT2D eigenvalue weighted by Crippen LogP contribution is 2.19. The molecular weight excluding hydrogens is 388 g/mol. The summed E-state index contributed by atoms with van der Waals surface area (Å²) in [5.74, 6) is -0.0561. The number of carbonyl (C=O) groups excluding carboxylic acids is 2. The van der Waals surface area contributed by atoms with E-state index < -0.39 is 0 Å². The van der Waals surface area contributed by atoms with Gasteiger partial charge in [-0.15, -0.1) is 0 Å². The Labute approximate surface area is 178 Å². The second-order valence-electron chi connectivity index (χ2n) is 6.94. The highest BCUT2D eigenvalue weighted by atomic mass is 32.1. The highest BCUT2D eigenvalue weighted by molar-refractivity contribution is 7.80. The number of nitrogens with one attached hydrogen (secondary N) is 1. The molecule has 1 saturated heterocycles. The molecule has 29 heavy (non-hydrogen) atoms. The van der Waals surface area contributed by atoms with Crippen LogP contribution < -0.4 is 5.32 Å². The molecule has 1 N–H and O–H groups in total. The quantitative estimate of drug-likeness (QED) is 0.258. The number of hydrogen-bond acceptors (Lipinski definition) is 5. The molecule has 1 aliphatic rings. The third-order valence-electron chi connectivity index (χ3n) is 4.83. The van der Waals surface area contributed by atoms with Gasteiger partial charge in [-0.3, -0.25) is 9.59 Å². The van der Waals surface area contributed by atoms with Crippen LogP contribution in [0, 0.1) is 0 Å². The lowest BCUT2D eigenvalue weighted by molar-refractivity contribution is -0.140. The van der Waals surface area contributed by atoms with E-state index in [4.69, 9.17) is 17.0 Å². The first-order valence-electron chi connectivity index (χ1n) is 10.1. The molecule has 1 amide bonds. The largest absolute Gasteiger partial charge is 0.469 e. The number of benzene rings is 1. The Morgan fingerprint density at radius 1 is 1.31 bits per heavy atom. The summed E-state index contributed by atoms with van der Waals surface area (Å²) in [6.07, 6.45) is 8.11. The van der Waals surface area contributed by atoms with Crippen LogP contribution in [-0.4, -0.2) is 54.8 Å². The average Bonchev–Trinajstić information content (AvgIpc) is 3.09. The molecule has 0 unspecified atom stereocenters. The van der Waals surface area contributed by atoms with Gasteiger partial charge in [0.05, 0.1) is 13.2 Å². The number of carbonyl (C=O) groups is 2. The summed E-state index contributed by atoms with van der Waals surface area (Å²) in [7, 11) is 1.39. The van der Waals surface area contributed by atoms with Crippen molar-refractivity contribution in [2.45, 2.75) is 44.6 Å². The van der Waals surface area contributed by atoms with Crippen LogP contribution in [0.5, 0.6) is 0 Å². The Morgan fingerprint density at radius 2 is 2.10 bits per heavy atom. The van der Waals surface area contributed by atoms with Gasteiger partial charge in [0.25, 0.3) is 5.17 Å². The molecular formula is C22H30N2O4S. The van der Waals surface area contributed by atoms with Gasteiger partial charge in [-0.2, -0.15) is 0 Å². The Hall–Kier alpha value is -2.41. The number of rotatable bonds is 11.